The van der Waals surface area contributed by atoms with Gasteiger partial charge in [-0.05, 0) is 181 Å². The molecule has 7 aromatic carbocycles. The number of piperazine rings is 1. The quantitative estimate of drug-likeness (QED) is 0.00615. The van der Waals surface area contributed by atoms with E-state index in [1.807, 2.05) is 145 Å². The molecule has 0 bridgehead atoms. The molecule has 0 atom stereocenters. The van der Waals surface area contributed by atoms with Gasteiger partial charge in [-0.25, -0.2) is 21.8 Å². The molecule has 5 N–H and O–H groups in total. The van der Waals surface area contributed by atoms with Crippen LogP contribution in [0.25, 0.3) is 27.8 Å². The molecular formula is C90H109N15O11S2. The molecule has 0 spiro atoms. The first-order chi connectivity index (χ1) is 56.6. The first-order valence-electron chi connectivity index (χ1n) is 41.1. The fourth-order valence-corrected chi connectivity index (χ4v) is 17.5. The summed E-state index contributed by atoms with van der Waals surface area (Å²) in [6.07, 6.45) is 16.1. The van der Waals surface area contributed by atoms with E-state index in [0.717, 1.165) is 144 Å². The summed E-state index contributed by atoms with van der Waals surface area (Å²) in [4.78, 5) is 82.5. The van der Waals surface area contributed by atoms with E-state index >= 15 is 0 Å². The molecule has 1 aliphatic carbocycles. The fraction of sp³-hybridized carbons (Fsp3) is 0.400. The molecule has 8 aromatic rings. The molecule has 1 aromatic heterocycles. The Balaban J connectivity index is 0.527. The van der Waals surface area contributed by atoms with Gasteiger partial charge in [0.1, 0.15) is 43.4 Å². The molecule has 12 rings (SSSR count). The predicted octanol–water partition coefficient (Wildman–Crippen LogP) is 12.1. The van der Waals surface area contributed by atoms with Gasteiger partial charge < -0.3 is 55.3 Å². The molecule has 0 unspecified atom stereocenters. The van der Waals surface area contributed by atoms with E-state index in [1.54, 1.807) is 24.3 Å². The van der Waals surface area contributed by atoms with Crippen LogP contribution in [0, 0.1) is 0 Å². The smallest absolute Gasteiger partial charge is 0.252 e. The Morgan fingerprint density at radius 1 is 0.593 bits per heavy atom. The average Bonchev–Trinajstić information content (AvgIpc) is 1.59. The van der Waals surface area contributed by atoms with Crippen molar-refractivity contribution in [2.75, 3.05) is 118 Å². The van der Waals surface area contributed by atoms with Crippen molar-refractivity contribution in [3.8, 4) is 5.69 Å². The summed E-state index contributed by atoms with van der Waals surface area (Å²) < 4.78 is 76.6. The van der Waals surface area contributed by atoms with Crippen molar-refractivity contribution in [2.24, 2.45) is 10.2 Å². The van der Waals surface area contributed by atoms with E-state index in [2.05, 4.69) is 115 Å². The minimum atomic E-state index is -4.73. The maximum atomic E-state index is 13.9. The van der Waals surface area contributed by atoms with Crippen LogP contribution in [0.1, 0.15) is 141 Å². The summed E-state index contributed by atoms with van der Waals surface area (Å²) in [6.45, 7) is 22.3. The molecule has 2 fully saturated rings. The van der Waals surface area contributed by atoms with Crippen molar-refractivity contribution < 1.29 is 59.1 Å². The van der Waals surface area contributed by atoms with Crippen LogP contribution in [-0.4, -0.2) is 180 Å². The van der Waals surface area contributed by atoms with Crippen LogP contribution in [-0.2, 0) is 50.2 Å². The third-order valence-electron chi connectivity index (χ3n) is 23.2. The SMILES string of the molecule is CCN(CC)c1ccc2nc3ccc(N=Nc4ccc(N(C)CCCC(=O)NCCN5CCN(c6ccc(C(=O)NC7(C(=O)NCC(=O)NCCNC(=O)CCCCCN8\C(=C/C=C/C=C/C9=[N+](CC)c%10ccc(S(=O)(=O)[O-])cc%10C9(C)C)C(C)(C)c9cc(S(=O)(=O)[O-])ccc98)CCCCC7)cc6)CC5)cc4)cc3[n+](-c3ccccc3)c2c1. The van der Waals surface area contributed by atoms with Crippen molar-refractivity contribution in [2.45, 2.75) is 145 Å². The summed E-state index contributed by atoms with van der Waals surface area (Å²) >= 11 is 0. The van der Waals surface area contributed by atoms with Gasteiger partial charge in [0.05, 0.1) is 33.1 Å². The number of anilines is 4. The first kappa shape index (κ1) is 86.3. The number of aromatic nitrogens is 2. The second-order valence-corrected chi connectivity index (χ2v) is 34.4. The average molecular weight is 1640 g/mol. The molecule has 5 amide bonds. The number of amides is 5. The predicted molar refractivity (Wildman–Crippen MR) is 460 cm³/mol. The van der Waals surface area contributed by atoms with Crippen LogP contribution in [0.2, 0.25) is 0 Å². The fourth-order valence-electron chi connectivity index (χ4n) is 16.6. The number of carbonyl (C=O) groups excluding carboxylic acids is 5. The van der Waals surface area contributed by atoms with E-state index in [-0.39, 0.29) is 53.6 Å². The van der Waals surface area contributed by atoms with Crippen molar-refractivity contribution in [1.29, 1.82) is 0 Å². The maximum absolute atomic E-state index is 13.9. The number of carbonyl (C=O) groups is 5. The first-order valence-corrected chi connectivity index (χ1v) is 43.9. The number of benzene rings is 7. The molecule has 1 saturated heterocycles. The lowest BCUT2D eigenvalue weighted by Gasteiger charge is -2.37. The van der Waals surface area contributed by atoms with Gasteiger partial charge in [0.2, 0.25) is 46.0 Å². The molecule has 4 aliphatic rings. The molecule has 3 aliphatic heterocycles. The van der Waals surface area contributed by atoms with Gasteiger partial charge in [0.25, 0.3) is 5.91 Å². The largest absolute Gasteiger partial charge is 0.744 e. The number of fused-ring (bicyclic) bond motifs is 4. The highest BCUT2D eigenvalue weighted by atomic mass is 32.2. The van der Waals surface area contributed by atoms with Crippen LogP contribution < -0.4 is 50.8 Å². The normalized spacial score (nSPS) is 16.3. The monoisotopic (exact) mass is 1640 g/mol. The van der Waals surface area contributed by atoms with E-state index in [0.29, 0.717) is 87.9 Å². The number of hydrogen-bond acceptors (Lipinski definition) is 19. The Hall–Kier alpha value is -11.0. The lowest BCUT2D eigenvalue weighted by Crippen LogP contribution is -2.60. The zero-order valence-electron chi connectivity index (χ0n) is 68.8. The highest BCUT2D eigenvalue weighted by molar-refractivity contribution is 7.86. The second-order valence-electron chi connectivity index (χ2n) is 31.7. The number of nitrogens with zero attached hydrogens (tertiary/aromatic N) is 10. The van der Waals surface area contributed by atoms with Crippen LogP contribution in [0.5, 0.6) is 0 Å². The summed E-state index contributed by atoms with van der Waals surface area (Å²) in [6, 6.07) is 47.0. The minimum Gasteiger partial charge on any atom is -0.744 e. The van der Waals surface area contributed by atoms with E-state index in [9.17, 15) is 49.9 Å². The number of nitrogens with one attached hydrogen (secondary N) is 5. The molecule has 4 heterocycles. The third-order valence-corrected chi connectivity index (χ3v) is 24.8. The zero-order valence-corrected chi connectivity index (χ0v) is 70.4. The van der Waals surface area contributed by atoms with Gasteiger partial charge in [-0.2, -0.15) is 14.8 Å². The number of hydrogen-bond donors (Lipinski definition) is 5. The number of rotatable bonds is 35. The van der Waals surface area contributed by atoms with Crippen molar-refractivity contribution >= 4 is 117 Å². The van der Waals surface area contributed by atoms with Crippen molar-refractivity contribution in [1.82, 2.24) is 36.5 Å². The summed E-state index contributed by atoms with van der Waals surface area (Å²) in [5.41, 5.74) is 12.1. The van der Waals surface area contributed by atoms with Gasteiger partial charge in [-0.3, -0.25) is 28.9 Å². The molecular weight excluding hydrogens is 1530 g/mol. The van der Waals surface area contributed by atoms with Crippen LogP contribution >= 0.6 is 0 Å². The van der Waals surface area contributed by atoms with Crippen LogP contribution in [0.4, 0.5) is 39.8 Å². The third kappa shape index (κ3) is 20.5. The Kier molecular flexibility index (Phi) is 27.9. The van der Waals surface area contributed by atoms with Crippen molar-refractivity contribution in [3.63, 3.8) is 0 Å². The topological polar surface area (TPSA) is 321 Å². The van der Waals surface area contributed by atoms with E-state index < -0.39 is 48.4 Å². The minimum absolute atomic E-state index is 0.0215. The Bertz CT molecular complexity index is 5400. The molecule has 28 heteroatoms. The summed E-state index contributed by atoms with van der Waals surface area (Å²) in [5, 5.41) is 23.8. The van der Waals surface area contributed by atoms with Crippen molar-refractivity contribution in [3.05, 3.63) is 204 Å². The van der Waals surface area contributed by atoms with Gasteiger partial charge in [0, 0.05) is 180 Å². The molecule has 26 nitrogen and oxygen atoms in total. The van der Waals surface area contributed by atoms with Gasteiger partial charge in [-0.1, -0.05) is 76.0 Å². The number of para-hydroxylation sites is 1. The summed E-state index contributed by atoms with van der Waals surface area (Å²) in [5.74, 6) is -1.41. The Morgan fingerprint density at radius 3 is 1.89 bits per heavy atom. The molecule has 0 radical (unpaired) electrons. The standard InChI is InChI=1S/C90H109N15O11S2/c1-9-101(10-2)70-40-44-76-80(60-70)105(69-25-16-12-17-26-69)79-59-66(35-43-75(79)95-76)98-97-65-33-38-67(39-34-65)99(8)52-24-30-84(107)93-51-54-100-55-57-102(58-56-100)68-36-31-64(32-37-68)86(109)96-90(47-21-15-22-48-90)87(110)94-63-85(108)92-50-49-91-83(106)29-20-14-23-53-104-78-46-42-72(118(114,115)116)62-74(78)89(6,7)82(104)28-19-13-18-27-81-88(4,5)73-61-71(117(111,112)113)41-45-77(73)103(81)11-3/h12-13,16-19,25-28,31-46,59-62H,9-11,14-15,20-24,29-30,47-58,63H2,1-8H3,(H5-2,91,92,93,94,96,106,107,108,109,110,111,112,113,114,115,116). The number of unbranched alkanes of at least 4 members (excludes halogenated alkanes) is 2. The Morgan fingerprint density at radius 2 is 1.21 bits per heavy atom. The van der Waals surface area contributed by atoms with Gasteiger partial charge in [-0.15, -0.1) is 4.57 Å². The molecule has 118 heavy (non-hydrogen) atoms. The maximum Gasteiger partial charge on any atom is 0.252 e. The van der Waals surface area contributed by atoms with E-state index in [1.165, 1.54) is 24.3 Å². The van der Waals surface area contributed by atoms with Gasteiger partial charge in [0.15, 0.2) is 5.71 Å². The van der Waals surface area contributed by atoms with E-state index in [4.69, 9.17) is 4.98 Å². The Labute approximate surface area is 692 Å². The molecule has 1 saturated carbocycles. The highest BCUT2D eigenvalue weighted by Gasteiger charge is 2.45. The number of allylic oxidation sites excluding steroid dienone is 6. The van der Waals surface area contributed by atoms with Crippen LogP contribution in [0.3, 0.4) is 0 Å². The van der Waals surface area contributed by atoms with Gasteiger partial charge >= 0.3 is 0 Å². The second kappa shape index (κ2) is 38.1. The summed E-state index contributed by atoms with van der Waals surface area (Å²) in [7, 11) is -7.36. The molecule has 622 valence electrons. The zero-order chi connectivity index (χ0) is 83.9. The lowest BCUT2D eigenvalue weighted by atomic mass is 9.80. The number of azo groups is 1. The lowest BCUT2D eigenvalue weighted by molar-refractivity contribution is -0.538. The van der Waals surface area contributed by atoms with Crippen LogP contribution in [0.15, 0.2) is 208 Å². The highest BCUT2D eigenvalue weighted by Crippen LogP contribution is 2.49.